The number of ether oxygens (including phenoxy) is 1. The Morgan fingerprint density at radius 3 is 2.42 bits per heavy atom. The average Bonchev–Trinajstić information content (AvgIpc) is 3.32. The standard InChI is InChI=1S/C26H30N4O4S2/c1-4-13-30(14-5-2)36(32,33)22-10-7-20(8-11-22)25(31)34-21-9-12-23-24(19-21)35-26(27-23)29-17-15-28(6-3)16-18-29/h4-5,7-12,19H,1-2,6,13-18H2,3H3/p+1. The number of hydrogen-bond acceptors (Lipinski definition) is 7. The molecule has 0 spiro atoms. The Bertz CT molecular complexity index is 1330. The zero-order chi connectivity index (χ0) is 25.7. The van der Waals surface area contributed by atoms with Crippen LogP contribution in [-0.4, -0.2) is 69.5 Å². The lowest BCUT2D eigenvalue weighted by Gasteiger charge is -2.31. The van der Waals surface area contributed by atoms with Crippen LogP contribution >= 0.6 is 11.3 Å². The summed E-state index contributed by atoms with van der Waals surface area (Å²) in [4.78, 5) is 21.5. The Morgan fingerprint density at radius 1 is 1.14 bits per heavy atom. The van der Waals surface area contributed by atoms with E-state index < -0.39 is 16.0 Å². The first-order chi connectivity index (χ1) is 17.3. The van der Waals surface area contributed by atoms with Gasteiger partial charge in [-0.3, -0.25) is 0 Å². The van der Waals surface area contributed by atoms with Crippen LogP contribution in [0, 0.1) is 0 Å². The number of esters is 1. The maximum atomic E-state index is 12.9. The average molecular weight is 528 g/mol. The molecule has 8 nitrogen and oxygen atoms in total. The van der Waals surface area contributed by atoms with E-state index in [1.807, 2.05) is 12.1 Å². The van der Waals surface area contributed by atoms with Crippen LogP contribution in [0.15, 0.2) is 72.7 Å². The fourth-order valence-electron chi connectivity index (χ4n) is 4.10. The van der Waals surface area contributed by atoms with Crippen molar-refractivity contribution in [1.82, 2.24) is 9.29 Å². The number of anilines is 1. The maximum Gasteiger partial charge on any atom is 0.343 e. The molecule has 0 bridgehead atoms. The molecule has 190 valence electrons. The lowest BCUT2D eigenvalue weighted by atomic mass is 10.2. The van der Waals surface area contributed by atoms with Crippen molar-refractivity contribution in [2.75, 3.05) is 50.7 Å². The smallest absolute Gasteiger partial charge is 0.343 e. The molecule has 1 aliphatic heterocycles. The highest BCUT2D eigenvalue weighted by atomic mass is 32.2. The number of hydrogen-bond donors (Lipinski definition) is 1. The molecule has 1 fully saturated rings. The maximum absolute atomic E-state index is 12.9. The quantitative estimate of drug-likeness (QED) is 0.248. The van der Waals surface area contributed by atoms with Gasteiger partial charge >= 0.3 is 5.97 Å². The molecule has 0 saturated carbocycles. The molecule has 1 N–H and O–H groups in total. The minimum Gasteiger partial charge on any atom is -0.423 e. The number of quaternary nitrogens is 1. The van der Waals surface area contributed by atoms with Gasteiger partial charge in [0.05, 0.1) is 53.4 Å². The predicted molar refractivity (Wildman–Crippen MR) is 144 cm³/mol. The van der Waals surface area contributed by atoms with Crippen molar-refractivity contribution in [2.45, 2.75) is 11.8 Å². The summed E-state index contributed by atoms with van der Waals surface area (Å²) in [5.41, 5.74) is 1.13. The molecular formula is C26H31N4O4S2+. The largest absolute Gasteiger partial charge is 0.423 e. The van der Waals surface area contributed by atoms with Gasteiger partial charge in [-0.25, -0.2) is 18.2 Å². The van der Waals surface area contributed by atoms with E-state index in [9.17, 15) is 13.2 Å². The summed E-state index contributed by atoms with van der Waals surface area (Å²) < 4.78 is 33.5. The van der Waals surface area contributed by atoms with Crippen molar-refractivity contribution >= 4 is 42.7 Å². The number of carbonyl (C=O) groups is 1. The van der Waals surface area contributed by atoms with Gasteiger partial charge in [0.2, 0.25) is 10.0 Å². The normalized spacial score (nSPS) is 14.8. The lowest BCUT2D eigenvalue weighted by molar-refractivity contribution is -0.898. The number of thiazole rings is 1. The fourth-order valence-corrected chi connectivity index (χ4v) is 6.52. The van der Waals surface area contributed by atoms with E-state index in [-0.39, 0.29) is 23.5 Å². The number of piperazine rings is 1. The minimum absolute atomic E-state index is 0.0859. The number of benzene rings is 2. The van der Waals surface area contributed by atoms with Crippen LogP contribution in [0.1, 0.15) is 17.3 Å². The topological polar surface area (TPSA) is 84.2 Å². The molecule has 10 heteroatoms. The van der Waals surface area contributed by atoms with E-state index in [4.69, 9.17) is 9.72 Å². The second kappa shape index (κ2) is 11.3. The number of aromatic nitrogens is 1. The van der Waals surface area contributed by atoms with E-state index >= 15 is 0 Å². The zero-order valence-electron chi connectivity index (χ0n) is 20.4. The van der Waals surface area contributed by atoms with Crippen LogP contribution in [0.5, 0.6) is 5.75 Å². The highest BCUT2D eigenvalue weighted by Gasteiger charge is 2.24. The van der Waals surface area contributed by atoms with Crippen molar-refractivity contribution in [1.29, 1.82) is 0 Å². The first kappa shape index (κ1) is 26.0. The first-order valence-electron chi connectivity index (χ1n) is 11.9. The van der Waals surface area contributed by atoms with Gasteiger partial charge in [0, 0.05) is 19.2 Å². The number of rotatable bonds is 10. The predicted octanol–water partition coefficient (Wildman–Crippen LogP) is 2.60. The number of nitrogens with zero attached hydrogens (tertiary/aromatic N) is 3. The van der Waals surface area contributed by atoms with Gasteiger partial charge < -0.3 is 14.5 Å². The molecule has 2 aromatic carbocycles. The number of fused-ring (bicyclic) bond motifs is 1. The second-order valence-electron chi connectivity index (χ2n) is 8.53. The van der Waals surface area contributed by atoms with E-state index in [0.717, 1.165) is 48.1 Å². The summed E-state index contributed by atoms with van der Waals surface area (Å²) in [6, 6.07) is 11.1. The van der Waals surface area contributed by atoms with Gasteiger partial charge in [-0.1, -0.05) is 23.5 Å². The monoisotopic (exact) mass is 527 g/mol. The van der Waals surface area contributed by atoms with Gasteiger partial charge in [-0.2, -0.15) is 4.31 Å². The van der Waals surface area contributed by atoms with Crippen LogP contribution in [0.4, 0.5) is 5.13 Å². The molecule has 36 heavy (non-hydrogen) atoms. The van der Waals surface area contributed by atoms with Crippen LogP contribution in [0.3, 0.4) is 0 Å². The van der Waals surface area contributed by atoms with E-state index in [2.05, 4.69) is 25.0 Å². The lowest BCUT2D eigenvalue weighted by Crippen LogP contribution is -3.14. The van der Waals surface area contributed by atoms with Crippen molar-refractivity contribution in [3.63, 3.8) is 0 Å². The second-order valence-corrected chi connectivity index (χ2v) is 11.5. The molecule has 1 aliphatic rings. The Hall–Kier alpha value is -3.05. The van der Waals surface area contributed by atoms with Gasteiger partial charge in [-0.15, -0.1) is 13.2 Å². The summed E-state index contributed by atoms with van der Waals surface area (Å²) >= 11 is 1.59. The van der Waals surface area contributed by atoms with Gasteiger partial charge in [-0.05, 0) is 43.3 Å². The van der Waals surface area contributed by atoms with Crippen LogP contribution in [-0.2, 0) is 10.0 Å². The molecular weight excluding hydrogens is 496 g/mol. The Balaban J connectivity index is 1.45. The van der Waals surface area contributed by atoms with Crippen molar-refractivity contribution in [3.05, 3.63) is 73.3 Å². The fraction of sp³-hybridized carbons (Fsp3) is 0.308. The third kappa shape index (κ3) is 5.67. The summed E-state index contributed by atoms with van der Waals surface area (Å²) in [6.07, 6.45) is 3.03. The minimum atomic E-state index is -3.73. The van der Waals surface area contributed by atoms with Crippen LogP contribution in [0.25, 0.3) is 10.2 Å². The number of carbonyl (C=O) groups excluding carboxylic acids is 1. The molecule has 3 aromatic rings. The van der Waals surface area contributed by atoms with Gasteiger partial charge in [0.1, 0.15) is 5.75 Å². The summed E-state index contributed by atoms with van der Waals surface area (Å²) in [6.45, 7) is 15.1. The number of nitrogens with one attached hydrogen (secondary N) is 1. The third-order valence-electron chi connectivity index (χ3n) is 6.19. The molecule has 2 heterocycles. The summed E-state index contributed by atoms with van der Waals surface area (Å²) in [5, 5.41) is 0.988. The Labute approximate surface area is 216 Å². The van der Waals surface area contributed by atoms with Crippen LogP contribution < -0.4 is 14.5 Å². The zero-order valence-corrected chi connectivity index (χ0v) is 22.0. The highest BCUT2D eigenvalue weighted by Crippen LogP contribution is 2.31. The molecule has 0 aliphatic carbocycles. The Kier molecular flexibility index (Phi) is 8.20. The van der Waals surface area contributed by atoms with Crippen molar-refractivity contribution in [3.8, 4) is 5.75 Å². The molecule has 1 saturated heterocycles. The highest BCUT2D eigenvalue weighted by molar-refractivity contribution is 7.89. The summed E-state index contributed by atoms with van der Waals surface area (Å²) in [5.74, 6) is -0.140. The molecule has 1 aromatic heterocycles. The summed E-state index contributed by atoms with van der Waals surface area (Å²) in [7, 11) is -3.73. The third-order valence-corrected chi connectivity index (χ3v) is 9.12. The molecule has 0 amide bonds. The van der Waals surface area contributed by atoms with Crippen molar-refractivity contribution in [2.24, 2.45) is 0 Å². The number of sulfonamides is 1. The molecule has 4 rings (SSSR count). The molecule has 0 radical (unpaired) electrons. The molecule has 0 unspecified atom stereocenters. The van der Waals surface area contributed by atoms with E-state index in [1.54, 1.807) is 22.3 Å². The van der Waals surface area contributed by atoms with Crippen molar-refractivity contribution < 1.29 is 22.8 Å². The number of likely N-dealkylation sites (N-methyl/N-ethyl adjacent to an activating group) is 1. The van der Waals surface area contributed by atoms with E-state index in [1.165, 1.54) is 40.7 Å². The van der Waals surface area contributed by atoms with Gasteiger partial charge in [0.15, 0.2) is 5.13 Å². The first-order valence-corrected chi connectivity index (χ1v) is 14.1. The van der Waals surface area contributed by atoms with E-state index in [0.29, 0.717) is 5.75 Å². The Morgan fingerprint density at radius 2 is 1.81 bits per heavy atom. The SMILES string of the molecule is C=CCN(CC=C)S(=O)(=O)c1ccc(C(=O)Oc2ccc3nc(N4CC[NH+](CC)CC4)sc3c2)cc1. The van der Waals surface area contributed by atoms with Crippen LogP contribution in [0.2, 0.25) is 0 Å². The van der Waals surface area contributed by atoms with Gasteiger partial charge in [0.25, 0.3) is 0 Å². The molecule has 0 atom stereocenters.